The van der Waals surface area contributed by atoms with E-state index in [1.165, 1.54) is 11.1 Å². The van der Waals surface area contributed by atoms with Gasteiger partial charge in [0.2, 0.25) is 0 Å². The van der Waals surface area contributed by atoms with Gasteiger partial charge in [0, 0.05) is 17.1 Å². The van der Waals surface area contributed by atoms with Crippen molar-refractivity contribution in [2.75, 3.05) is 20.3 Å². The van der Waals surface area contributed by atoms with Gasteiger partial charge in [-0.1, -0.05) is 41.4 Å². The van der Waals surface area contributed by atoms with E-state index in [0.717, 1.165) is 23.5 Å². The fraction of sp³-hybridized carbons (Fsp3) is 0.240. The maximum atomic E-state index is 13.3. The molecule has 1 aliphatic heterocycles. The van der Waals surface area contributed by atoms with Gasteiger partial charge in [0.15, 0.2) is 0 Å². The molecule has 1 aliphatic rings. The van der Waals surface area contributed by atoms with Crippen LogP contribution in [0.2, 0.25) is 5.02 Å². The summed E-state index contributed by atoms with van der Waals surface area (Å²) in [6.45, 7) is 3.10. The highest BCUT2D eigenvalue weighted by Gasteiger charge is 2.32. The third-order valence-electron chi connectivity index (χ3n) is 5.46. The predicted octanol–water partition coefficient (Wildman–Crippen LogP) is 5.48. The molecule has 0 fully saturated rings. The zero-order valence-corrected chi connectivity index (χ0v) is 17.9. The van der Waals surface area contributed by atoms with Crippen molar-refractivity contribution in [1.29, 1.82) is 0 Å². The quantitative estimate of drug-likeness (QED) is 0.547. The van der Waals surface area contributed by atoms with Gasteiger partial charge >= 0.3 is 0 Å². The van der Waals surface area contributed by atoms with Crippen LogP contribution >= 0.6 is 11.6 Å². The number of nitrogens with zero attached hydrogens (tertiary/aromatic N) is 1. The molecule has 0 bridgehead atoms. The van der Waals surface area contributed by atoms with Crippen LogP contribution in [0.1, 0.15) is 33.1 Å². The predicted molar refractivity (Wildman–Crippen MR) is 119 cm³/mol. The monoisotopic (exact) mass is 421 g/mol. The largest absolute Gasteiger partial charge is 0.497 e. The molecule has 1 heterocycles. The molecule has 0 saturated carbocycles. The lowest BCUT2D eigenvalue weighted by atomic mass is 9.91. The lowest BCUT2D eigenvalue weighted by Gasteiger charge is -2.37. The second-order valence-electron chi connectivity index (χ2n) is 7.46. The first-order valence-electron chi connectivity index (χ1n) is 9.98. The second kappa shape index (κ2) is 8.80. The van der Waals surface area contributed by atoms with Crippen LogP contribution in [0.25, 0.3) is 0 Å². The number of benzene rings is 3. The minimum absolute atomic E-state index is 0.0351. The van der Waals surface area contributed by atoms with Crippen molar-refractivity contribution in [3.05, 3.63) is 94.0 Å². The molecule has 0 aliphatic carbocycles. The van der Waals surface area contributed by atoms with Crippen molar-refractivity contribution in [1.82, 2.24) is 4.90 Å². The van der Waals surface area contributed by atoms with Gasteiger partial charge in [-0.15, -0.1) is 0 Å². The van der Waals surface area contributed by atoms with Crippen LogP contribution in [0.5, 0.6) is 11.5 Å². The molecule has 1 unspecified atom stereocenters. The van der Waals surface area contributed by atoms with E-state index >= 15 is 0 Å². The molecule has 4 rings (SSSR count). The first-order valence-corrected chi connectivity index (χ1v) is 10.4. The maximum absolute atomic E-state index is 13.3. The van der Waals surface area contributed by atoms with Crippen molar-refractivity contribution in [3.8, 4) is 11.5 Å². The highest BCUT2D eigenvalue weighted by molar-refractivity contribution is 6.30. The topological polar surface area (TPSA) is 38.8 Å². The zero-order valence-electron chi connectivity index (χ0n) is 17.1. The average molecular weight is 422 g/mol. The Morgan fingerprint density at radius 2 is 1.83 bits per heavy atom. The summed E-state index contributed by atoms with van der Waals surface area (Å²) in [4.78, 5) is 15.2. The Labute approximate surface area is 182 Å². The molecule has 30 heavy (non-hydrogen) atoms. The molecular weight excluding hydrogens is 398 g/mol. The summed E-state index contributed by atoms with van der Waals surface area (Å²) < 4.78 is 11.3. The number of amides is 1. The third kappa shape index (κ3) is 4.29. The molecule has 5 heteroatoms. The van der Waals surface area contributed by atoms with Gasteiger partial charge in [0.05, 0.1) is 13.2 Å². The van der Waals surface area contributed by atoms with Crippen LogP contribution in [0.3, 0.4) is 0 Å². The van der Waals surface area contributed by atoms with Crippen LogP contribution in [-0.2, 0) is 6.42 Å². The number of carbonyl (C=O) groups excluding carboxylic acids is 1. The van der Waals surface area contributed by atoms with Crippen molar-refractivity contribution in [3.63, 3.8) is 0 Å². The molecule has 0 aromatic heterocycles. The van der Waals surface area contributed by atoms with Gasteiger partial charge in [-0.3, -0.25) is 4.79 Å². The van der Waals surface area contributed by atoms with Gasteiger partial charge < -0.3 is 14.4 Å². The number of hydrogen-bond acceptors (Lipinski definition) is 3. The normalized spacial score (nSPS) is 15.4. The fourth-order valence-electron chi connectivity index (χ4n) is 3.90. The number of halogens is 1. The Morgan fingerprint density at radius 3 is 2.57 bits per heavy atom. The Kier molecular flexibility index (Phi) is 5.96. The fourth-order valence-corrected chi connectivity index (χ4v) is 4.09. The molecule has 154 valence electrons. The second-order valence-corrected chi connectivity index (χ2v) is 7.90. The Bertz CT molecular complexity index is 1050. The van der Waals surface area contributed by atoms with Gasteiger partial charge in [0.25, 0.3) is 5.91 Å². The molecule has 3 aromatic carbocycles. The van der Waals surface area contributed by atoms with Gasteiger partial charge in [-0.2, -0.15) is 0 Å². The van der Waals surface area contributed by atoms with Crippen molar-refractivity contribution >= 4 is 17.5 Å². The van der Waals surface area contributed by atoms with Gasteiger partial charge in [-0.25, -0.2) is 0 Å². The minimum Gasteiger partial charge on any atom is -0.497 e. The Balaban J connectivity index is 1.62. The zero-order chi connectivity index (χ0) is 21.1. The highest BCUT2D eigenvalue weighted by atomic mass is 35.5. The Morgan fingerprint density at radius 1 is 1.07 bits per heavy atom. The minimum atomic E-state index is -0.178. The molecule has 0 spiro atoms. The molecule has 1 atom stereocenters. The Hall–Kier alpha value is -2.98. The smallest absolute Gasteiger partial charge is 0.254 e. The van der Waals surface area contributed by atoms with E-state index < -0.39 is 0 Å². The number of fused-ring (bicyclic) bond motifs is 1. The van der Waals surface area contributed by atoms with Gasteiger partial charge in [0.1, 0.15) is 18.1 Å². The van der Waals surface area contributed by atoms with E-state index in [9.17, 15) is 4.79 Å². The van der Waals surface area contributed by atoms with E-state index in [4.69, 9.17) is 21.1 Å². The summed E-state index contributed by atoms with van der Waals surface area (Å²) in [5.41, 5.74) is 4.22. The molecule has 1 amide bonds. The number of methoxy groups -OCH3 is 1. The number of aryl methyl sites for hydroxylation is 1. The third-order valence-corrected chi connectivity index (χ3v) is 5.69. The lowest BCUT2D eigenvalue weighted by Crippen LogP contribution is -2.42. The van der Waals surface area contributed by atoms with E-state index in [1.807, 2.05) is 29.2 Å². The van der Waals surface area contributed by atoms with Crippen molar-refractivity contribution in [2.24, 2.45) is 0 Å². The average Bonchev–Trinajstić information content (AvgIpc) is 2.77. The van der Waals surface area contributed by atoms with Crippen LogP contribution in [0.4, 0.5) is 0 Å². The standard InChI is InChI=1S/C25H24ClNO3/c1-17-6-11-23-18(14-17)12-13-27(25(28)19-4-3-5-20(26)15-19)24(23)16-30-22-9-7-21(29-2)8-10-22/h3-11,14-15,24H,12-13,16H2,1-2H3. The highest BCUT2D eigenvalue weighted by Crippen LogP contribution is 2.33. The van der Waals surface area contributed by atoms with E-state index in [2.05, 4.69) is 25.1 Å². The maximum Gasteiger partial charge on any atom is 0.254 e. The van der Waals surface area contributed by atoms with Crippen LogP contribution in [0.15, 0.2) is 66.7 Å². The van der Waals surface area contributed by atoms with Crippen LogP contribution in [-0.4, -0.2) is 31.1 Å². The molecule has 3 aromatic rings. The van der Waals surface area contributed by atoms with Crippen LogP contribution < -0.4 is 9.47 Å². The van der Waals surface area contributed by atoms with E-state index in [-0.39, 0.29) is 11.9 Å². The molecule has 0 saturated heterocycles. The number of rotatable bonds is 5. The number of carbonyl (C=O) groups is 1. The summed E-state index contributed by atoms with van der Waals surface area (Å²) in [6.07, 6.45) is 0.822. The molecule has 4 nitrogen and oxygen atoms in total. The first-order chi connectivity index (χ1) is 14.5. The van der Waals surface area contributed by atoms with Crippen molar-refractivity contribution in [2.45, 2.75) is 19.4 Å². The van der Waals surface area contributed by atoms with Crippen molar-refractivity contribution < 1.29 is 14.3 Å². The SMILES string of the molecule is COc1ccc(OCC2c3ccc(C)cc3CCN2C(=O)c2cccc(Cl)c2)cc1. The number of hydrogen-bond donors (Lipinski definition) is 0. The first kappa shape index (κ1) is 20.3. The molecule has 0 radical (unpaired) electrons. The lowest BCUT2D eigenvalue weighted by molar-refractivity contribution is 0.0590. The molecule has 0 N–H and O–H groups in total. The van der Waals surface area contributed by atoms with E-state index in [0.29, 0.717) is 23.7 Å². The summed E-state index contributed by atoms with van der Waals surface area (Å²) in [7, 11) is 1.64. The summed E-state index contributed by atoms with van der Waals surface area (Å²) in [5, 5.41) is 0.555. The number of ether oxygens (including phenoxy) is 2. The van der Waals surface area contributed by atoms with E-state index in [1.54, 1.807) is 31.4 Å². The summed E-state index contributed by atoms with van der Waals surface area (Å²) >= 11 is 6.12. The van der Waals surface area contributed by atoms with Crippen LogP contribution in [0, 0.1) is 6.92 Å². The summed E-state index contributed by atoms with van der Waals surface area (Å²) in [6, 6.07) is 20.8. The van der Waals surface area contributed by atoms with Gasteiger partial charge in [-0.05, 0) is 66.9 Å². The summed E-state index contributed by atoms with van der Waals surface area (Å²) in [5.74, 6) is 1.48. The molecular formula is C25H24ClNO3.